The van der Waals surface area contributed by atoms with Gasteiger partial charge in [0.05, 0.1) is 12.6 Å². The minimum Gasteiger partial charge on any atom is -0.364 e. The van der Waals surface area contributed by atoms with Gasteiger partial charge >= 0.3 is 0 Å². The average Bonchev–Trinajstić information content (AvgIpc) is 3.30. The highest BCUT2D eigenvalue weighted by molar-refractivity contribution is 5.86. The number of aromatic nitrogens is 2. The summed E-state index contributed by atoms with van der Waals surface area (Å²) in [5.41, 5.74) is 5.63. The summed E-state index contributed by atoms with van der Waals surface area (Å²) in [7, 11) is 1.92. The first-order valence-electron chi connectivity index (χ1n) is 8.99. The van der Waals surface area contributed by atoms with Crippen LogP contribution >= 0.6 is 37.2 Å². The van der Waals surface area contributed by atoms with Crippen LogP contribution in [0.3, 0.4) is 0 Å². The fourth-order valence-electron chi connectivity index (χ4n) is 3.67. The molecule has 3 rings (SSSR count). The molecule has 2 aliphatic rings. The molecule has 2 fully saturated rings. The number of amides is 1. The average molecular weight is 445 g/mol. The van der Waals surface area contributed by atoms with Crippen LogP contribution in [0.1, 0.15) is 25.7 Å². The number of carbonyl (C=O) groups excluding carboxylic acids is 1. The number of rotatable bonds is 6. The lowest BCUT2D eigenvalue weighted by Gasteiger charge is -2.37. The molecule has 0 spiro atoms. The van der Waals surface area contributed by atoms with Gasteiger partial charge in [-0.05, 0) is 31.7 Å². The highest BCUT2D eigenvalue weighted by Crippen LogP contribution is 2.23. The minimum absolute atomic E-state index is 0. The maximum atomic E-state index is 12.6. The standard InChI is InChI=1S/C17H29N5O2.3ClH/c1-20(17(23)16-4-3-15(13-18)24-16)14-5-9-21(10-6-14)11-12-22-8-2-7-19-22;;;/h2,7-8,14-16H,3-6,9-13,18H2,1H3;3*1H/t15-,16+;;;/m1.../s1. The first kappa shape index (κ1) is 26.4. The van der Waals surface area contributed by atoms with Gasteiger partial charge in [0.25, 0.3) is 5.91 Å². The van der Waals surface area contributed by atoms with Gasteiger partial charge < -0.3 is 20.3 Å². The van der Waals surface area contributed by atoms with Crippen molar-refractivity contribution in [2.24, 2.45) is 5.73 Å². The molecule has 0 saturated carbocycles. The third-order valence-electron chi connectivity index (χ3n) is 5.30. The van der Waals surface area contributed by atoms with E-state index in [1.165, 1.54) is 0 Å². The van der Waals surface area contributed by atoms with Crippen LogP contribution in [0.2, 0.25) is 0 Å². The summed E-state index contributed by atoms with van der Waals surface area (Å²) in [6, 6.07) is 2.27. The van der Waals surface area contributed by atoms with Crippen LogP contribution in [0, 0.1) is 0 Å². The van der Waals surface area contributed by atoms with Gasteiger partial charge in [0.15, 0.2) is 0 Å². The van der Waals surface area contributed by atoms with Crippen LogP contribution in [0.15, 0.2) is 18.5 Å². The predicted molar refractivity (Wildman–Crippen MR) is 113 cm³/mol. The molecule has 2 atom stereocenters. The summed E-state index contributed by atoms with van der Waals surface area (Å²) in [4.78, 5) is 17.0. The number of likely N-dealkylation sites (tertiary alicyclic amines) is 1. The van der Waals surface area contributed by atoms with Crippen molar-refractivity contribution in [3.8, 4) is 0 Å². The maximum absolute atomic E-state index is 12.6. The van der Waals surface area contributed by atoms with Crippen LogP contribution in [0.4, 0.5) is 0 Å². The summed E-state index contributed by atoms with van der Waals surface area (Å²) in [6.45, 7) is 4.49. The molecule has 2 saturated heterocycles. The zero-order valence-corrected chi connectivity index (χ0v) is 18.2. The van der Waals surface area contributed by atoms with E-state index >= 15 is 0 Å². The first-order chi connectivity index (χ1) is 11.7. The molecule has 1 amide bonds. The Morgan fingerprint density at radius 3 is 2.44 bits per heavy atom. The Kier molecular flexibility index (Phi) is 12.5. The Bertz CT molecular complexity index is 527. The SMILES string of the molecule is CN(C(=O)[C@@H]1CC[C@H](CN)O1)C1CCN(CCn2cccn2)CC1.Cl.Cl.Cl. The number of likely N-dealkylation sites (N-methyl/N-ethyl adjacent to an activating group) is 1. The molecule has 10 heteroatoms. The smallest absolute Gasteiger partial charge is 0.251 e. The largest absolute Gasteiger partial charge is 0.364 e. The van der Waals surface area contributed by atoms with Crippen molar-refractivity contribution in [2.75, 3.05) is 33.2 Å². The van der Waals surface area contributed by atoms with E-state index < -0.39 is 0 Å². The summed E-state index contributed by atoms with van der Waals surface area (Å²) < 4.78 is 7.71. The lowest BCUT2D eigenvalue weighted by atomic mass is 10.0. The second-order valence-electron chi connectivity index (χ2n) is 6.85. The van der Waals surface area contributed by atoms with Gasteiger partial charge in [0.2, 0.25) is 0 Å². The van der Waals surface area contributed by atoms with E-state index in [2.05, 4.69) is 10.00 Å². The van der Waals surface area contributed by atoms with Crippen LogP contribution in [-0.2, 0) is 16.1 Å². The van der Waals surface area contributed by atoms with E-state index in [0.29, 0.717) is 12.6 Å². The lowest BCUT2D eigenvalue weighted by Crippen LogP contribution is -2.49. The van der Waals surface area contributed by atoms with E-state index in [-0.39, 0.29) is 55.3 Å². The summed E-state index contributed by atoms with van der Waals surface area (Å²) in [5.74, 6) is 0.126. The highest BCUT2D eigenvalue weighted by Gasteiger charge is 2.34. The van der Waals surface area contributed by atoms with Gasteiger partial charge in [-0.25, -0.2) is 0 Å². The number of ether oxygens (including phenoxy) is 1. The normalized spacial score (nSPS) is 23.0. The first-order valence-corrected chi connectivity index (χ1v) is 8.99. The molecular weight excluding hydrogens is 413 g/mol. The van der Waals surface area contributed by atoms with Crippen LogP contribution in [0.25, 0.3) is 0 Å². The summed E-state index contributed by atoms with van der Waals surface area (Å²) >= 11 is 0. The Morgan fingerprint density at radius 2 is 1.89 bits per heavy atom. The van der Waals surface area contributed by atoms with E-state index in [0.717, 1.165) is 51.9 Å². The number of piperidine rings is 1. The molecule has 27 heavy (non-hydrogen) atoms. The molecule has 0 radical (unpaired) electrons. The second-order valence-corrected chi connectivity index (χ2v) is 6.85. The molecule has 2 N–H and O–H groups in total. The van der Waals surface area contributed by atoms with Crippen molar-refractivity contribution in [3.63, 3.8) is 0 Å². The fourth-order valence-corrected chi connectivity index (χ4v) is 3.67. The molecule has 1 aromatic rings. The maximum Gasteiger partial charge on any atom is 0.251 e. The Labute approximate surface area is 180 Å². The Hall–Kier alpha value is -0.570. The molecule has 0 bridgehead atoms. The molecule has 2 aliphatic heterocycles. The summed E-state index contributed by atoms with van der Waals surface area (Å²) in [5, 5.41) is 4.24. The third kappa shape index (κ3) is 7.07. The van der Waals surface area contributed by atoms with Crippen LogP contribution < -0.4 is 5.73 Å². The van der Waals surface area contributed by atoms with E-state index in [1.54, 1.807) is 0 Å². The van der Waals surface area contributed by atoms with Gasteiger partial charge in [0.1, 0.15) is 6.10 Å². The number of nitrogens with two attached hydrogens (primary N) is 1. The van der Waals surface area contributed by atoms with Crippen LogP contribution in [-0.4, -0.2) is 77.0 Å². The van der Waals surface area contributed by atoms with E-state index in [4.69, 9.17) is 10.5 Å². The Morgan fingerprint density at radius 1 is 1.19 bits per heavy atom. The van der Waals surface area contributed by atoms with Gasteiger partial charge in [-0.1, -0.05) is 0 Å². The number of hydrogen-bond donors (Lipinski definition) is 1. The Balaban J connectivity index is 0.00000225. The van der Waals surface area contributed by atoms with Gasteiger partial charge in [0, 0.05) is 51.7 Å². The van der Waals surface area contributed by atoms with Gasteiger partial charge in [-0.3, -0.25) is 9.48 Å². The molecule has 1 aromatic heterocycles. The molecule has 158 valence electrons. The highest BCUT2D eigenvalue weighted by atomic mass is 35.5. The molecule has 7 nitrogen and oxygen atoms in total. The van der Waals surface area contributed by atoms with Gasteiger partial charge in [-0.15, -0.1) is 37.2 Å². The number of carbonyl (C=O) groups is 1. The summed E-state index contributed by atoms with van der Waals surface area (Å²) in [6.07, 6.45) is 7.31. The monoisotopic (exact) mass is 443 g/mol. The van der Waals surface area contributed by atoms with Crippen molar-refractivity contribution in [3.05, 3.63) is 18.5 Å². The zero-order valence-electron chi connectivity index (χ0n) is 15.7. The van der Waals surface area contributed by atoms with Crippen LogP contribution in [0.5, 0.6) is 0 Å². The zero-order chi connectivity index (χ0) is 16.9. The second kappa shape index (κ2) is 12.8. The fraction of sp³-hybridized carbons (Fsp3) is 0.765. The molecular formula is C17H32Cl3N5O2. The molecule has 0 aromatic carbocycles. The van der Waals surface area contributed by atoms with Crippen molar-refractivity contribution in [1.29, 1.82) is 0 Å². The van der Waals surface area contributed by atoms with Gasteiger partial charge in [-0.2, -0.15) is 5.10 Å². The van der Waals surface area contributed by atoms with Crippen molar-refractivity contribution in [1.82, 2.24) is 19.6 Å². The topological polar surface area (TPSA) is 76.6 Å². The lowest BCUT2D eigenvalue weighted by molar-refractivity contribution is -0.144. The van der Waals surface area contributed by atoms with Crippen molar-refractivity contribution < 1.29 is 9.53 Å². The minimum atomic E-state index is -0.290. The number of halogens is 3. The quantitative estimate of drug-likeness (QED) is 0.721. The van der Waals surface area contributed by atoms with E-state index in [9.17, 15) is 4.79 Å². The molecule has 0 aliphatic carbocycles. The molecule has 0 unspecified atom stereocenters. The molecule has 3 heterocycles. The van der Waals surface area contributed by atoms with Crippen molar-refractivity contribution >= 4 is 43.1 Å². The number of nitrogens with zero attached hydrogens (tertiary/aromatic N) is 4. The predicted octanol–water partition coefficient (Wildman–Crippen LogP) is 1.58. The third-order valence-corrected chi connectivity index (χ3v) is 5.30. The van der Waals surface area contributed by atoms with E-state index in [1.807, 2.05) is 35.1 Å². The number of hydrogen-bond acceptors (Lipinski definition) is 5. The van der Waals surface area contributed by atoms with Crippen molar-refractivity contribution in [2.45, 2.75) is 50.5 Å².